The summed E-state index contributed by atoms with van der Waals surface area (Å²) in [5.41, 5.74) is 3.04. The number of esters is 1. The van der Waals surface area contributed by atoms with Gasteiger partial charge in [0.1, 0.15) is 5.82 Å². The molecule has 3 aromatic rings. The molecule has 2 aromatic carbocycles. The number of fused-ring (bicyclic) bond motifs is 1. The number of nitrogens with one attached hydrogen (secondary N) is 2. The highest BCUT2D eigenvalue weighted by molar-refractivity contribution is 5.92. The van der Waals surface area contributed by atoms with Crippen LogP contribution in [0.15, 0.2) is 48.7 Å². The first kappa shape index (κ1) is 18.6. The van der Waals surface area contributed by atoms with Crippen LogP contribution in [0.2, 0.25) is 0 Å². The van der Waals surface area contributed by atoms with Crippen LogP contribution >= 0.6 is 0 Å². The Hall–Kier alpha value is -3.15. The number of aryl methyl sites for hydroxylation is 2. The molecule has 0 saturated heterocycles. The molecule has 2 N–H and O–H groups in total. The van der Waals surface area contributed by atoms with Crippen LogP contribution in [0, 0.1) is 12.7 Å². The van der Waals surface area contributed by atoms with Crippen molar-refractivity contribution >= 4 is 28.5 Å². The van der Waals surface area contributed by atoms with Crippen molar-refractivity contribution < 1.29 is 18.7 Å². The summed E-state index contributed by atoms with van der Waals surface area (Å²) < 4.78 is 18.7. The summed E-state index contributed by atoms with van der Waals surface area (Å²) in [5, 5.41) is 3.54. The lowest BCUT2D eigenvalue weighted by atomic mass is 10.1. The minimum absolute atomic E-state index is 0.0704. The van der Waals surface area contributed by atoms with Crippen LogP contribution in [-0.4, -0.2) is 23.5 Å². The predicted octanol–water partition coefficient (Wildman–Crippen LogP) is 4.12. The van der Waals surface area contributed by atoms with Crippen molar-refractivity contribution in [3.63, 3.8) is 0 Å². The van der Waals surface area contributed by atoms with Gasteiger partial charge in [0.05, 0.1) is 5.69 Å². The lowest BCUT2D eigenvalue weighted by Gasteiger charge is -2.08. The molecule has 0 fully saturated rings. The number of para-hydroxylation sites is 1. The number of hydrogen-bond acceptors (Lipinski definition) is 3. The number of amides is 1. The Kier molecular flexibility index (Phi) is 5.86. The van der Waals surface area contributed by atoms with Crippen molar-refractivity contribution in [2.75, 3.05) is 11.9 Å². The maximum absolute atomic E-state index is 13.7. The molecule has 27 heavy (non-hydrogen) atoms. The monoisotopic (exact) mass is 368 g/mol. The summed E-state index contributed by atoms with van der Waals surface area (Å²) in [5.74, 6) is -1.54. The third kappa shape index (κ3) is 4.94. The molecule has 0 atom stereocenters. The van der Waals surface area contributed by atoms with Gasteiger partial charge in [-0.2, -0.15) is 0 Å². The van der Waals surface area contributed by atoms with Crippen molar-refractivity contribution in [3.8, 4) is 0 Å². The summed E-state index contributed by atoms with van der Waals surface area (Å²) in [6.45, 7) is 1.33. The van der Waals surface area contributed by atoms with Crippen LogP contribution in [0.4, 0.5) is 10.1 Å². The zero-order valence-corrected chi connectivity index (χ0v) is 15.0. The summed E-state index contributed by atoms with van der Waals surface area (Å²) in [6, 6.07) is 12.5. The third-order valence-corrected chi connectivity index (χ3v) is 4.26. The minimum atomic E-state index is -0.567. The lowest BCUT2D eigenvalue weighted by molar-refractivity contribution is -0.147. The molecule has 1 heterocycles. The van der Waals surface area contributed by atoms with Gasteiger partial charge in [0.2, 0.25) is 0 Å². The Balaban J connectivity index is 1.41. The molecule has 0 spiro atoms. The van der Waals surface area contributed by atoms with Crippen molar-refractivity contribution in [2.45, 2.75) is 26.2 Å². The number of benzene rings is 2. The van der Waals surface area contributed by atoms with Gasteiger partial charge < -0.3 is 15.0 Å². The third-order valence-electron chi connectivity index (χ3n) is 4.26. The van der Waals surface area contributed by atoms with E-state index in [0.717, 1.165) is 28.5 Å². The summed E-state index contributed by atoms with van der Waals surface area (Å²) in [7, 11) is 0. The molecule has 0 aliphatic heterocycles. The number of anilines is 1. The van der Waals surface area contributed by atoms with Crippen LogP contribution in [-0.2, 0) is 20.7 Å². The minimum Gasteiger partial charge on any atom is -0.456 e. The zero-order valence-electron chi connectivity index (χ0n) is 15.0. The molecule has 0 saturated carbocycles. The second kappa shape index (κ2) is 8.49. The number of carbonyl (C=O) groups is 2. The van der Waals surface area contributed by atoms with Crippen LogP contribution in [0.5, 0.6) is 0 Å². The first-order valence-electron chi connectivity index (χ1n) is 8.79. The van der Waals surface area contributed by atoms with Crippen LogP contribution in [0.1, 0.15) is 24.0 Å². The van der Waals surface area contributed by atoms with Gasteiger partial charge in [-0.25, -0.2) is 4.39 Å². The van der Waals surface area contributed by atoms with Gasteiger partial charge in [-0.05, 0) is 49.1 Å². The van der Waals surface area contributed by atoms with E-state index in [1.807, 2.05) is 30.5 Å². The SMILES string of the molecule is Cc1ccc(NC(=O)COC(=O)CCCc2c[nH]c3ccccc23)c(F)c1. The molecule has 1 amide bonds. The number of ether oxygens (including phenoxy) is 1. The summed E-state index contributed by atoms with van der Waals surface area (Å²) in [4.78, 5) is 26.8. The average Bonchev–Trinajstić information content (AvgIpc) is 3.06. The highest BCUT2D eigenvalue weighted by Gasteiger charge is 2.11. The average molecular weight is 368 g/mol. The first-order valence-corrected chi connectivity index (χ1v) is 8.79. The summed E-state index contributed by atoms with van der Waals surface area (Å²) in [6.07, 6.45) is 3.51. The summed E-state index contributed by atoms with van der Waals surface area (Å²) >= 11 is 0. The number of carbonyl (C=O) groups excluding carboxylic acids is 2. The van der Waals surface area contributed by atoms with Gasteiger partial charge >= 0.3 is 5.97 Å². The second-order valence-corrected chi connectivity index (χ2v) is 6.41. The Morgan fingerprint density at radius 3 is 2.81 bits per heavy atom. The molecule has 6 heteroatoms. The van der Waals surface area contributed by atoms with Crippen molar-refractivity contribution in [3.05, 3.63) is 65.6 Å². The van der Waals surface area contributed by atoms with Crippen molar-refractivity contribution in [2.24, 2.45) is 0 Å². The fourth-order valence-corrected chi connectivity index (χ4v) is 2.89. The molecule has 0 aliphatic rings. The molecule has 3 rings (SSSR count). The molecule has 0 unspecified atom stereocenters. The Morgan fingerprint density at radius 1 is 1.19 bits per heavy atom. The smallest absolute Gasteiger partial charge is 0.306 e. The van der Waals surface area contributed by atoms with E-state index in [0.29, 0.717) is 6.42 Å². The van der Waals surface area contributed by atoms with E-state index in [1.165, 1.54) is 12.1 Å². The Morgan fingerprint density at radius 2 is 2.00 bits per heavy atom. The van der Waals surface area contributed by atoms with Gasteiger partial charge in [0.15, 0.2) is 6.61 Å². The van der Waals surface area contributed by atoms with Crippen LogP contribution < -0.4 is 5.32 Å². The molecule has 0 aliphatic carbocycles. The van der Waals surface area contributed by atoms with E-state index in [9.17, 15) is 14.0 Å². The molecule has 1 aromatic heterocycles. The number of aromatic amines is 1. The second-order valence-electron chi connectivity index (χ2n) is 6.41. The van der Waals surface area contributed by atoms with Gasteiger partial charge in [0, 0.05) is 23.5 Å². The Bertz CT molecular complexity index is 965. The molecule has 5 nitrogen and oxygen atoms in total. The Labute approximate surface area is 156 Å². The van der Waals surface area contributed by atoms with E-state index in [-0.39, 0.29) is 12.1 Å². The number of aromatic nitrogens is 1. The van der Waals surface area contributed by atoms with E-state index < -0.39 is 24.3 Å². The number of H-pyrrole nitrogens is 1. The quantitative estimate of drug-likeness (QED) is 0.616. The zero-order chi connectivity index (χ0) is 19.2. The highest BCUT2D eigenvalue weighted by atomic mass is 19.1. The fourth-order valence-electron chi connectivity index (χ4n) is 2.89. The van der Waals surface area contributed by atoms with E-state index in [4.69, 9.17) is 4.74 Å². The highest BCUT2D eigenvalue weighted by Crippen LogP contribution is 2.19. The topological polar surface area (TPSA) is 71.2 Å². The molecule has 140 valence electrons. The molecular formula is C21H21FN2O3. The maximum atomic E-state index is 13.7. The number of halogens is 1. The van der Waals surface area contributed by atoms with E-state index >= 15 is 0 Å². The predicted molar refractivity (Wildman–Crippen MR) is 102 cm³/mol. The van der Waals surface area contributed by atoms with Crippen LogP contribution in [0.3, 0.4) is 0 Å². The van der Waals surface area contributed by atoms with E-state index in [1.54, 1.807) is 13.0 Å². The number of rotatable bonds is 7. The van der Waals surface area contributed by atoms with Crippen LogP contribution in [0.25, 0.3) is 10.9 Å². The first-order chi connectivity index (χ1) is 13.0. The van der Waals surface area contributed by atoms with Gasteiger partial charge in [-0.15, -0.1) is 0 Å². The van der Waals surface area contributed by atoms with Gasteiger partial charge in [0.25, 0.3) is 5.91 Å². The number of hydrogen-bond donors (Lipinski definition) is 2. The largest absolute Gasteiger partial charge is 0.456 e. The van der Waals surface area contributed by atoms with E-state index in [2.05, 4.69) is 10.3 Å². The molecule has 0 radical (unpaired) electrons. The maximum Gasteiger partial charge on any atom is 0.306 e. The standard InChI is InChI=1S/C21H21FN2O3/c1-14-9-10-19(17(22)11-14)24-20(25)13-27-21(26)8-4-5-15-12-23-18-7-3-2-6-16(15)18/h2-3,6-7,9-12,23H,4-5,8,13H2,1H3,(H,24,25). The normalized spacial score (nSPS) is 10.7. The molecule has 0 bridgehead atoms. The van der Waals surface area contributed by atoms with Crippen molar-refractivity contribution in [1.29, 1.82) is 0 Å². The van der Waals surface area contributed by atoms with Crippen molar-refractivity contribution in [1.82, 2.24) is 4.98 Å². The molecular weight excluding hydrogens is 347 g/mol. The lowest BCUT2D eigenvalue weighted by Crippen LogP contribution is -2.21. The van der Waals surface area contributed by atoms with Gasteiger partial charge in [-0.1, -0.05) is 24.3 Å². The fraction of sp³-hybridized carbons (Fsp3) is 0.238. The van der Waals surface area contributed by atoms with Gasteiger partial charge in [-0.3, -0.25) is 9.59 Å².